The summed E-state index contributed by atoms with van der Waals surface area (Å²) in [5.41, 5.74) is 9.79. The fourth-order valence-electron chi connectivity index (χ4n) is 2.50. The van der Waals surface area contributed by atoms with E-state index in [4.69, 9.17) is 15.2 Å². The number of rotatable bonds is 6. The van der Waals surface area contributed by atoms with Gasteiger partial charge in [-0.05, 0) is 32.4 Å². The molecule has 0 aromatic carbocycles. The highest BCUT2D eigenvalue weighted by molar-refractivity contribution is 5.42. The molecule has 0 saturated carbocycles. The highest BCUT2D eigenvalue weighted by Gasteiger charge is 2.15. The second-order valence-corrected chi connectivity index (χ2v) is 4.84. The van der Waals surface area contributed by atoms with Gasteiger partial charge in [0.25, 0.3) is 0 Å². The van der Waals surface area contributed by atoms with E-state index in [0.717, 1.165) is 23.5 Å². The van der Waals surface area contributed by atoms with Gasteiger partial charge in [-0.3, -0.25) is 9.67 Å². The lowest BCUT2D eigenvalue weighted by Crippen LogP contribution is -2.09. The molecule has 0 unspecified atom stereocenters. The summed E-state index contributed by atoms with van der Waals surface area (Å²) in [6.45, 7) is 5.22. The maximum atomic E-state index is 5.66. The van der Waals surface area contributed by atoms with Gasteiger partial charge in [-0.1, -0.05) is 0 Å². The number of nitrogens with two attached hydrogens (primary N) is 1. The van der Waals surface area contributed by atoms with Crippen molar-refractivity contribution in [2.75, 3.05) is 20.8 Å². The standard InChI is InChI=1S/C15H22N4O2/c1-10-12(5-7-16)11(2)19(18-10)9-13-15(21-4)14(20-3)6-8-17-13/h6,8H,5,7,9,16H2,1-4H3. The molecule has 21 heavy (non-hydrogen) atoms. The van der Waals surface area contributed by atoms with Gasteiger partial charge in [0.2, 0.25) is 0 Å². The minimum atomic E-state index is 0.539. The number of nitrogens with zero attached hydrogens (tertiary/aromatic N) is 3. The Hall–Kier alpha value is -2.08. The van der Waals surface area contributed by atoms with E-state index in [2.05, 4.69) is 17.0 Å². The van der Waals surface area contributed by atoms with Crippen molar-refractivity contribution in [3.63, 3.8) is 0 Å². The normalized spacial score (nSPS) is 10.7. The zero-order valence-electron chi connectivity index (χ0n) is 13.0. The molecule has 0 aliphatic carbocycles. The van der Waals surface area contributed by atoms with Gasteiger partial charge in [-0.2, -0.15) is 5.10 Å². The number of aromatic nitrogens is 3. The molecule has 6 nitrogen and oxygen atoms in total. The fraction of sp³-hybridized carbons (Fsp3) is 0.467. The smallest absolute Gasteiger partial charge is 0.184 e. The van der Waals surface area contributed by atoms with Crippen LogP contribution in [0.2, 0.25) is 0 Å². The molecular weight excluding hydrogens is 268 g/mol. The lowest BCUT2D eigenvalue weighted by molar-refractivity contribution is 0.347. The highest BCUT2D eigenvalue weighted by atomic mass is 16.5. The highest BCUT2D eigenvalue weighted by Crippen LogP contribution is 2.29. The zero-order chi connectivity index (χ0) is 15.4. The van der Waals surface area contributed by atoms with Crippen LogP contribution in [0.5, 0.6) is 11.5 Å². The van der Waals surface area contributed by atoms with E-state index >= 15 is 0 Å². The number of pyridine rings is 1. The third kappa shape index (κ3) is 3.00. The zero-order valence-corrected chi connectivity index (χ0v) is 13.0. The molecule has 0 aliphatic rings. The quantitative estimate of drug-likeness (QED) is 0.871. The van der Waals surface area contributed by atoms with Gasteiger partial charge in [-0.25, -0.2) is 0 Å². The van der Waals surface area contributed by atoms with Gasteiger partial charge in [0.15, 0.2) is 11.5 Å². The molecule has 2 N–H and O–H groups in total. The Bertz CT molecular complexity index is 622. The van der Waals surface area contributed by atoms with Crippen LogP contribution in [-0.2, 0) is 13.0 Å². The first-order valence-electron chi connectivity index (χ1n) is 6.91. The fourth-order valence-corrected chi connectivity index (χ4v) is 2.50. The Labute approximate surface area is 124 Å². The molecule has 0 amide bonds. The molecule has 0 aliphatic heterocycles. The molecule has 2 aromatic rings. The van der Waals surface area contributed by atoms with E-state index in [-0.39, 0.29) is 0 Å². The van der Waals surface area contributed by atoms with Gasteiger partial charge in [0, 0.05) is 18.0 Å². The lowest BCUT2D eigenvalue weighted by atomic mass is 10.1. The predicted molar refractivity (Wildman–Crippen MR) is 80.9 cm³/mol. The summed E-state index contributed by atoms with van der Waals surface area (Å²) in [7, 11) is 3.23. The van der Waals surface area contributed by atoms with Crippen molar-refractivity contribution in [3.8, 4) is 11.5 Å². The third-order valence-corrected chi connectivity index (χ3v) is 3.59. The number of ether oxygens (including phenoxy) is 2. The number of methoxy groups -OCH3 is 2. The van der Waals surface area contributed by atoms with E-state index < -0.39 is 0 Å². The third-order valence-electron chi connectivity index (χ3n) is 3.59. The molecule has 2 aromatic heterocycles. The largest absolute Gasteiger partial charge is 0.493 e. The van der Waals surface area contributed by atoms with Crippen LogP contribution in [0.25, 0.3) is 0 Å². The van der Waals surface area contributed by atoms with Gasteiger partial charge < -0.3 is 15.2 Å². The molecule has 114 valence electrons. The molecule has 6 heteroatoms. The van der Waals surface area contributed by atoms with Crippen molar-refractivity contribution < 1.29 is 9.47 Å². The molecule has 0 fully saturated rings. The van der Waals surface area contributed by atoms with Crippen molar-refractivity contribution in [2.24, 2.45) is 5.73 Å². The minimum Gasteiger partial charge on any atom is -0.493 e. The van der Waals surface area contributed by atoms with Crippen LogP contribution in [0.1, 0.15) is 22.6 Å². The summed E-state index contributed by atoms with van der Waals surface area (Å²) >= 11 is 0. The topological polar surface area (TPSA) is 75.2 Å². The molecule has 0 bridgehead atoms. The predicted octanol–water partition coefficient (Wildman–Crippen LogP) is 1.46. The number of hydrogen-bond donors (Lipinski definition) is 1. The Balaban J connectivity index is 2.37. The summed E-state index contributed by atoms with van der Waals surface area (Å²) in [6, 6.07) is 1.78. The Morgan fingerprint density at radius 3 is 2.62 bits per heavy atom. The Kier molecular flexibility index (Phi) is 4.80. The van der Waals surface area contributed by atoms with Crippen LogP contribution < -0.4 is 15.2 Å². The van der Waals surface area contributed by atoms with E-state index in [0.29, 0.717) is 24.6 Å². The van der Waals surface area contributed by atoms with Gasteiger partial charge in [0.05, 0.1) is 26.5 Å². The van der Waals surface area contributed by atoms with Crippen LogP contribution in [0.4, 0.5) is 0 Å². The number of aryl methyl sites for hydroxylation is 1. The van der Waals surface area contributed by atoms with Crippen LogP contribution in [-0.4, -0.2) is 35.5 Å². The average molecular weight is 290 g/mol. The second kappa shape index (κ2) is 6.58. The first kappa shape index (κ1) is 15.3. The summed E-state index contributed by atoms with van der Waals surface area (Å²) < 4.78 is 12.7. The number of hydrogen-bond acceptors (Lipinski definition) is 5. The van der Waals surface area contributed by atoms with Crippen molar-refractivity contribution >= 4 is 0 Å². The van der Waals surface area contributed by atoms with Crippen LogP contribution in [0.3, 0.4) is 0 Å². The molecule has 2 heterocycles. The van der Waals surface area contributed by atoms with Crippen LogP contribution >= 0.6 is 0 Å². The van der Waals surface area contributed by atoms with E-state index in [1.165, 1.54) is 5.56 Å². The van der Waals surface area contributed by atoms with Gasteiger partial charge >= 0.3 is 0 Å². The maximum absolute atomic E-state index is 5.66. The van der Waals surface area contributed by atoms with Crippen molar-refractivity contribution in [1.82, 2.24) is 14.8 Å². The van der Waals surface area contributed by atoms with Crippen LogP contribution in [0.15, 0.2) is 12.3 Å². The Morgan fingerprint density at radius 1 is 1.24 bits per heavy atom. The maximum Gasteiger partial charge on any atom is 0.184 e. The average Bonchev–Trinajstić information content (AvgIpc) is 2.75. The monoisotopic (exact) mass is 290 g/mol. The molecule has 2 rings (SSSR count). The summed E-state index contributed by atoms with van der Waals surface area (Å²) in [5.74, 6) is 1.32. The van der Waals surface area contributed by atoms with Gasteiger partial charge in [-0.15, -0.1) is 0 Å². The molecule has 0 saturated heterocycles. The summed E-state index contributed by atoms with van der Waals surface area (Å²) in [4.78, 5) is 4.39. The SMILES string of the molecule is COc1ccnc(Cn2nc(C)c(CCN)c2C)c1OC. The van der Waals surface area contributed by atoms with Crippen molar-refractivity contribution in [1.29, 1.82) is 0 Å². The Morgan fingerprint density at radius 2 is 2.00 bits per heavy atom. The van der Waals surface area contributed by atoms with Crippen molar-refractivity contribution in [2.45, 2.75) is 26.8 Å². The summed E-state index contributed by atoms with van der Waals surface area (Å²) in [5, 5.41) is 4.58. The second-order valence-electron chi connectivity index (χ2n) is 4.84. The van der Waals surface area contributed by atoms with Crippen LogP contribution in [0, 0.1) is 13.8 Å². The van der Waals surface area contributed by atoms with Crippen molar-refractivity contribution in [3.05, 3.63) is 34.9 Å². The molecule has 0 atom stereocenters. The molecule has 0 spiro atoms. The van der Waals surface area contributed by atoms with E-state index in [9.17, 15) is 0 Å². The van der Waals surface area contributed by atoms with Gasteiger partial charge in [0.1, 0.15) is 5.69 Å². The first-order chi connectivity index (χ1) is 10.1. The lowest BCUT2D eigenvalue weighted by Gasteiger charge is -2.12. The van der Waals surface area contributed by atoms with E-state index in [1.54, 1.807) is 26.5 Å². The van der Waals surface area contributed by atoms with E-state index in [1.807, 2.05) is 11.6 Å². The summed E-state index contributed by atoms with van der Waals surface area (Å²) in [6.07, 6.45) is 2.55. The molecule has 0 radical (unpaired) electrons. The minimum absolute atomic E-state index is 0.539. The first-order valence-corrected chi connectivity index (χ1v) is 6.91. The molecular formula is C15H22N4O2.